The van der Waals surface area contributed by atoms with Crippen LogP contribution in [-0.4, -0.2) is 22.9 Å². The third-order valence-corrected chi connectivity index (χ3v) is 4.17. The van der Waals surface area contributed by atoms with Gasteiger partial charge in [-0.15, -0.1) is 0 Å². The number of hydrogen-bond donors (Lipinski definition) is 1. The maximum absolute atomic E-state index is 4.79. The Bertz CT molecular complexity index is 389. The molecule has 1 aromatic heterocycles. The second kappa shape index (κ2) is 8.57. The van der Waals surface area contributed by atoms with Gasteiger partial charge in [0.2, 0.25) is 0 Å². The Kier molecular flexibility index (Phi) is 7.44. The summed E-state index contributed by atoms with van der Waals surface area (Å²) in [4.78, 5) is 0. The molecule has 0 atom stereocenters. The predicted octanol–water partition coefficient (Wildman–Crippen LogP) is 4.45. The molecule has 21 heavy (non-hydrogen) atoms. The van der Waals surface area contributed by atoms with Crippen molar-refractivity contribution in [1.29, 1.82) is 0 Å². The number of rotatable bonds is 10. The Labute approximate surface area is 131 Å². The highest BCUT2D eigenvalue weighted by Crippen LogP contribution is 2.25. The first-order valence-electron chi connectivity index (χ1n) is 8.62. The minimum absolute atomic E-state index is 0.303. The van der Waals surface area contributed by atoms with E-state index in [1.807, 2.05) is 0 Å². The van der Waals surface area contributed by atoms with Gasteiger partial charge in [-0.25, -0.2) is 0 Å². The largest absolute Gasteiger partial charge is 0.316 e. The van der Waals surface area contributed by atoms with E-state index in [-0.39, 0.29) is 0 Å². The standard InChI is InChI=1S/C18H35N3/c1-7-17(8-2)21-12-9-16(20-21)13-18(5,6)10-11-19-14-15(3)4/h9,12,15,17,19H,7-8,10-11,13-14H2,1-6H3. The zero-order valence-corrected chi connectivity index (χ0v) is 14.9. The fourth-order valence-corrected chi connectivity index (χ4v) is 2.73. The summed E-state index contributed by atoms with van der Waals surface area (Å²) in [5, 5.41) is 8.33. The van der Waals surface area contributed by atoms with Crippen LogP contribution in [-0.2, 0) is 6.42 Å². The molecule has 3 heteroatoms. The molecule has 1 N–H and O–H groups in total. The summed E-state index contributed by atoms with van der Waals surface area (Å²) in [5.41, 5.74) is 1.53. The number of hydrogen-bond acceptors (Lipinski definition) is 2. The minimum atomic E-state index is 0.303. The van der Waals surface area contributed by atoms with Crippen LogP contribution in [0.25, 0.3) is 0 Å². The molecule has 1 aromatic rings. The van der Waals surface area contributed by atoms with Gasteiger partial charge in [-0.05, 0) is 56.2 Å². The van der Waals surface area contributed by atoms with Crippen LogP contribution >= 0.6 is 0 Å². The molecule has 1 heterocycles. The van der Waals surface area contributed by atoms with Crippen LogP contribution in [0.15, 0.2) is 12.3 Å². The van der Waals surface area contributed by atoms with Crippen LogP contribution in [0.1, 0.15) is 72.5 Å². The maximum atomic E-state index is 4.79. The first kappa shape index (κ1) is 18.2. The molecule has 0 aliphatic heterocycles. The van der Waals surface area contributed by atoms with Gasteiger partial charge in [0.25, 0.3) is 0 Å². The highest BCUT2D eigenvalue weighted by atomic mass is 15.3. The van der Waals surface area contributed by atoms with Gasteiger partial charge in [0.1, 0.15) is 0 Å². The van der Waals surface area contributed by atoms with Gasteiger partial charge in [-0.1, -0.05) is 41.5 Å². The van der Waals surface area contributed by atoms with Gasteiger partial charge >= 0.3 is 0 Å². The number of nitrogens with one attached hydrogen (secondary N) is 1. The maximum Gasteiger partial charge on any atom is 0.0630 e. The van der Waals surface area contributed by atoms with Crippen LogP contribution < -0.4 is 5.32 Å². The van der Waals surface area contributed by atoms with Crippen molar-refractivity contribution in [3.8, 4) is 0 Å². The molecule has 122 valence electrons. The smallest absolute Gasteiger partial charge is 0.0630 e. The lowest BCUT2D eigenvalue weighted by Gasteiger charge is -2.24. The normalized spacial score (nSPS) is 12.6. The van der Waals surface area contributed by atoms with E-state index in [1.165, 1.54) is 12.1 Å². The van der Waals surface area contributed by atoms with Crippen LogP contribution in [0.3, 0.4) is 0 Å². The van der Waals surface area contributed by atoms with E-state index in [2.05, 4.69) is 63.8 Å². The summed E-state index contributed by atoms with van der Waals surface area (Å²) in [6.07, 6.45) is 6.71. The van der Waals surface area contributed by atoms with Gasteiger partial charge < -0.3 is 5.32 Å². The highest BCUT2D eigenvalue weighted by Gasteiger charge is 2.20. The van der Waals surface area contributed by atoms with Gasteiger partial charge in [0.15, 0.2) is 0 Å². The predicted molar refractivity (Wildman–Crippen MR) is 91.7 cm³/mol. The Balaban J connectivity index is 2.47. The van der Waals surface area contributed by atoms with Crippen LogP contribution in [0, 0.1) is 11.3 Å². The number of nitrogens with zero attached hydrogens (tertiary/aromatic N) is 2. The summed E-state index contributed by atoms with van der Waals surface area (Å²) in [6, 6.07) is 2.75. The van der Waals surface area contributed by atoms with Crippen LogP contribution in [0.5, 0.6) is 0 Å². The zero-order chi connectivity index (χ0) is 15.9. The van der Waals surface area contributed by atoms with Gasteiger partial charge in [-0.2, -0.15) is 5.10 Å². The van der Waals surface area contributed by atoms with E-state index in [4.69, 9.17) is 5.10 Å². The molecule has 0 fully saturated rings. The Morgan fingerprint density at radius 2 is 1.90 bits per heavy atom. The van der Waals surface area contributed by atoms with Gasteiger partial charge in [0.05, 0.1) is 11.7 Å². The van der Waals surface area contributed by atoms with Crippen LogP contribution in [0.2, 0.25) is 0 Å². The van der Waals surface area contributed by atoms with E-state index < -0.39 is 0 Å². The highest BCUT2D eigenvalue weighted by molar-refractivity contribution is 5.03. The van der Waals surface area contributed by atoms with Crippen molar-refractivity contribution in [3.05, 3.63) is 18.0 Å². The van der Waals surface area contributed by atoms with E-state index in [0.717, 1.165) is 38.3 Å². The molecular formula is C18H35N3. The first-order valence-corrected chi connectivity index (χ1v) is 8.62. The summed E-state index contributed by atoms with van der Waals surface area (Å²) >= 11 is 0. The zero-order valence-electron chi connectivity index (χ0n) is 14.9. The van der Waals surface area contributed by atoms with Crippen LogP contribution in [0.4, 0.5) is 0 Å². The lowest BCUT2D eigenvalue weighted by atomic mass is 9.84. The molecule has 0 radical (unpaired) electrons. The Morgan fingerprint density at radius 1 is 1.24 bits per heavy atom. The van der Waals surface area contributed by atoms with E-state index in [0.29, 0.717) is 11.5 Å². The average molecular weight is 293 g/mol. The lowest BCUT2D eigenvalue weighted by Crippen LogP contribution is -2.26. The lowest BCUT2D eigenvalue weighted by molar-refractivity contribution is 0.316. The van der Waals surface area contributed by atoms with Gasteiger partial charge in [-0.3, -0.25) is 4.68 Å². The van der Waals surface area contributed by atoms with Crippen molar-refractivity contribution in [2.75, 3.05) is 13.1 Å². The quantitative estimate of drug-likeness (QED) is 0.646. The summed E-state index contributed by atoms with van der Waals surface area (Å²) in [5.74, 6) is 0.726. The molecule has 0 aliphatic carbocycles. The molecule has 0 bridgehead atoms. The minimum Gasteiger partial charge on any atom is -0.316 e. The van der Waals surface area contributed by atoms with Crippen molar-refractivity contribution in [2.45, 2.75) is 73.3 Å². The molecule has 0 aliphatic rings. The fraction of sp³-hybridized carbons (Fsp3) is 0.833. The van der Waals surface area contributed by atoms with Crippen molar-refractivity contribution in [3.63, 3.8) is 0 Å². The summed E-state index contributed by atoms with van der Waals surface area (Å²) < 4.78 is 2.16. The number of aromatic nitrogens is 2. The van der Waals surface area contributed by atoms with Crippen molar-refractivity contribution < 1.29 is 0 Å². The van der Waals surface area contributed by atoms with Crippen molar-refractivity contribution in [1.82, 2.24) is 15.1 Å². The fourth-order valence-electron chi connectivity index (χ4n) is 2.73. The molecule has 0 spiro atoms. The Morgan fingerprint density at radius 3 is 2.48 bits per heavy atom. The molecular weight excluding hydrogens is 258 g/mol. The summed E-state index contributed by atoms with van der Waals surface area (Å²) in [6.45, 7) is 15.9. The molecule has 0 saturated heterocycles. The van der Waals surface area contributed by atoms with Crippen molar-refractivity contribution >= 4 is 0 Å². The molecule has 3 nitrogen and oxygen atoms in total. The van der Waals surface area contributed by atoms with Crippen molar-refractivity contribution in [2.24, 2.45) is 11.3 Å². The third kappa shape index (κ3) is 6.64. The second-order valence-electron chi connectivity index (χ2n) is 7.45. The molecule has 1 rings (SSSR count). The monoisotopic (exact) mass is 293 g/mol. The van der Waals surface area contributed by atoms with E-state index >= 15 is 0 Å². The molecule has 0 unspecified atom stereocenters. The van der Waals surface area contributed by atoms with E-state index in [1.54, 1.807) is 0 Å². The first-order chi connectivity index (χ1) is 9.88. The van der Waals surface area contributed by atoms with Gasteiger partial charge in [0, 0.05) is 6.20 Å². The van der Waals surface area contributed by atoms with E-state index in [9.17, 15) is 0 Å². The molecule has 0 aromatic carbocycles. The second-order valence-corrected chi connectivity index (χ2v) is 7.45. The average Bonchev–Trinajstić information content (AvgIpc) is 2.83. The Hall–Kier alpha value is -0.830. The third-order valence-electron chi connectivity index (χ3n) is 4.17. The summed E-state index contributed by atoms with van der Waals surface area (Å²) in [7, 11) is 0. The molecule has 0 amide bonds. The topological polar surface area (TPSA) is 29.9 Å². The molecule has 0 saturated carbocycles. The SMILES string of the molecule is CCC(CC)n1ccc(CC(C)(C)CCNCC(C)C)n1.